The van der Waals surface area contributed by atoms with Crippen LogP contribution in [0.3, 0.4) is 0 Å². The second-order valence-electron chi connectivity index (χ2n) is 6.67. The summed E-state index contributed by atoms with van der Waals surface area (Å²) in [5, 5.41) is 10.8. The van der Waals surface area contributed by atoms with E-state index in [0.717, 1.165) is 17.4 Å². The van der Waals surface area contributed by atoms with Crippen LogP contribution >= 0.6 is 0 Å². The zero-order valence-corrected chi connectivity index (χ0v) is 13.0. The molecule has 2 fully saturated rings. The van der Waals surface area contributed by atoms with Crippen LogP contribution in [0, 0.1) is 33.8 Å². The third-order valence-electron chi connectivity index (χ3n) is 5.33. The average molecular weight is 345 g/mol. The fourth-order valence-corrected chi connectivity index (χ4v) is 4.36. The summed E-state index contributed by atoms with van der Waals surface area (Å²) in [5.74, 6) is -2.78. The number of nitro groups is 1. The van der Waals surface area contributed by atoms with Crippen LogP contribution in [0.1, 0.15) is 24.6 Å². The SMILES string of the molecule is NC(=O)CC(c1ccc([N+](=O)[O-])o1)N1C(=O)C2C3C=CC(C3)C2C1=O. The number of imide groups is 1. The van der Waals surface area contributed by atoms with Gasteiger partial charge in [0.25, 0.3) is 0 Å². The first-order valence-corrected chi connectivity index (χ1v) is 7.96. The Kier molecular flexibility index (Phi) is 3.28. The summed E-state index contributed by atoms with van der Waals surface area (Å²) in [7, 11) is 0. The van der Waals surface area contributed by atoms with Crippen molar-refractivity contribution < 1.29 is 23.7 Å². The van der Waals surface area contributed by atoms with Crippen molar-refractivity contribution in [2.24, 2.45) is 29.4 Å². The summed E-state index contributed by atoms with van der Waals surface area (Å²) in [5.41, 5.74) is 5.26. The maximum Gasteiger partial charge on any atom is 0.433 e. The van der Waals surface area contributed by atoms with E-state index in [1.807, 2.05) is 12.2 Å². The van der Waals surface area contributed by atoms with Crippen LogP contribution in [0.2, 0.25) is 0 Å². The van der Waals surface area contributed by atoms with E-state index in [9.17, 15) is 24.5 Å². The summed E-state index contributed by atoms with van der Waals surface area (Å²) >= 11 is 0. The van der Waals surface area contributed by atoms with Gasteiger partial charge in [0.2, 0.25) is 17.7 Å². The largest absolute Gasteiger partial charge is 0.433 e. The van der Waals surface area contributed by atoms with Gasteiger partial charge in [-0.15, -0.1) is 0 Å². The van der Waals surface area contributed by atoms with Crippen molar-refractivity contribution in [3.05, 3.63) is 40.2 Å². The van der Waals surface area contributed by atoms with Crippen LogP contribution < -0.4 is 5.73 Å². The highest BCUT2D eigenvalue weighted by atomic mass is 16.6. The molecular formula is C16H15N3O6. The molecule has 1 saturated carbocycles. The van der Waals surface area contributed by atoms with Gasteiger partial charge in [-0.1, -0.05) is 12.2 Å². The van der Waals surface area contributed by atoms with Crippen LogP contribution in [0.15, 0.2) is 28.7 Å². The predicted octanol–water partition coefficient (Wildman–Crippen LogP) is 0.911. The van der Waals surface area contributed by atoms with Crippen molar-refractivity contribution in [3.63, 3.8) is 0 Å². The topological polar surface area (TPSA) is 137 Å². The normalized spacial score (nSPS) is 30.8. The Morgan fingerprint density at radius 2 is 1.88 bits per heavy atom. The number of hydrogen-bond donors (Lipinski definition) is 1. The van der Waals surface area contributed by atoms with E-state index in [2.05, 4.69) is 0 Å². The number of allylic oxidation sites excluding steroid dienone is 2. The summed E-state index contributed by atoms with van der Waals surface area (Å²) in [6.45, 7) is 0. The minimum atomic E-state index is -1.06. The predicted molar refractivity (Wildman–Crippen MR) is 81.5 cm³/mol. The van der Waals surface area contributed by atoms with Gasteiger partial charge >= 0.3 is 5.88 Å². The van der Waals surface area contributed by atoms with Crippen LogP contribution in [0.4, 0.5) is 5.88 Å². The first-order chi connectivity index (χ1) is 11.9. The number of furan rings is 1. The molecule has 0 aromatic carbocycles. The summed E-state index contributed by atoms with van der Waals surface area (Å²) in [6, 6.07) is 1.37. The second kappa shape index (κ2) is 5.27. The molecule has 2 heterocycles. The molecule has 1 aromatic rings. The molecule has 1 aliphatic heterocycles. The minimum Gasteiger partial charge on any atom is -0.404 e. The van der Waals surface area contributed by atoms with Gasteiger partial charge in [0.05, 0.1) is 24.3 Å². The van der Waals surface area contributed by atoms with E-state index in [1.54, 1.807) is 0 Å². The number of likely N-dealkylation sites (tertiary alicyclic amines) is 1. The van der Waals surface area contributed by atoms with Gasteiger partial charge in [-0.05, 0) is 24.3 Å². The lowest BCUT2D eigenvalue weighted by molar-refractivity contribution is -0.402. The lowest BCUT2D eigenvalue weighted by atomic mass is 9.85. The fourth-order valence-electron chi connectivity index (χ4n) is 4.36. The average Bonchev–Trinajstić information content (AvgIpc) is 3.29. The highest BCUT2D eigenvalue weighted by molar-refractivity contribution is 6.07. The molecule has 25 heavy (non-hydrogen) atoms. The van der Waals surface area contributed by atoms with Gasteiger partial charge in [0.15, 0.2) is 0 Å². The van der Waals surface area contributed by atoms with Gasteiger partial charge in [0, 0.05) is 0 Å². The Hall–Kier alpha value is -2.97. The van der Waals surface area contributed by atoms with Crippen LogP contribution in [0.5, 0.6) is 0 Å². The van der Waals surface area contributed by atoms with E-state index in [0.29, 0.717) is 0 Å². The van der Waals surface area contributed by atoms with Gasteiger partial charge < -0.3 is 10.2 Å². The highest BCUT2D eigenvalue weighted by Crippen LogP contribution is 2.54. The molecule has 1 aromatic heterocycles. The number of amides is 3. The Labute approximate surface area is 141 Å². The third kappa shape index (κ3) is 2.19. The van der Waals surface area contributed by atoms with Crippen LogP contribution in [-0.2, 0) is 14.4 Å². The number of fused-ring (bicyclic) bond motifs is 5. The van der Waals surface area contributed by atoms with Gasteiger partial charge in [-0.2, -0.15) is 0 Å². The molecule has 3 aliphatic rings. The number of rotatable bonds is 5. The molecule has 5 atom stereocenters. The molecule has 130 valence electrons. The number of hydrogen-bond acceptors (Lipinski definition) is 6. The first kappa shape index (κ1) is 15.6. The van der Waals surface area contributed by atoms with E-state index >= 15 is 0 Å². The van der Waals surface area contributed by atoms with Crippen molar-refractivity contribution >= 4 is 23.6 Å². The Morgan fingerprint density at radius 3 is 2.36 bits per heavy atom. The quantitative estimate of drug-likeness (QED) is 0.364. The van der Waals surface area contributed by atoms with Crippen molar-refractivity contribution in [2.45, 2.75) is 18.9 Å². The molecule has 0 spiro atoms. The second-order valence-corrected chi connectivity index (χ2v) is 6.67. The molecule has 9 nitrogen and oxygen atoms in total. The van der Waals surface area contributed by atoms with Gasteiger partial charge in [0.1, 0.15) is 16.7 Å². The molecule has 2 N–H and O–H groups in total. The Morgan fingerprint density at radius 1 is 1.28 bits per heavy atom. The van der Waals surface area contributed by atoms with E-state index in [4.69, 9.17) is 10.2 Å². The number of primary amides is 1. The standard InChI is InChI=1S/C16H15N3O6/c17-11(20)6-9(10-3-4-12(25-10)19(23)24)18-15(21)13-7-1-2-8(5-7)14(13)16(18)22/h1-4,7-9,13-14H,5-6H2,(H2,17,20). The third-order valence-corrected chi connectivity index (χ3v) is 5.33. The molecule has 3 amide bonds. The maximum atomic E-state index is 12.9. The molecule has 5 unspecified atom stereocenters. The molecule has 9 heteroatoms. The molecular weight excluding hydrogens is 330 g/mol. The highest BCUT2D eigenvalue weighted by Gasteiger charge is 2.60. The van der Waals surface area contributed by atoms with Crippen molar-refractivity contribution in [2.75, 3.05) is 0 Å². The zero-order valence-electron chi connectivity index (χ0n) is 13.0. The molecule has 4 rings (SSSR count). The van der Waals surface area contributed by atoms with Gasteiger partial charge in [-0.25, -0.2) is 0 Å². The van der Waals surface area contributed by atoms with Crippen molar-refractivity contribution in [3.8, 4) is 0 Å². The maximum absolute atomic E-state index is 12.9. The van der Waals surface area contributed by atoms with Crippen molar-refractivity contribution in [1.82, 2.24) is 4.90 Å². The Bertz CT molecular complexity index is 798. The lowest BCUT2D eigenvalue weighted by Gasteiger charge is -2.25. The minimum absolute atomic E-state index is 0.00693. The fraction of sp³-hybridized carbons (Fsp3) is 0.438. The molecule has 0 radical (unpaired) electrons. The van der Waals surface area contributed by atoms with E-state index in [1.165, 1.54) is 6.07 Å². The number of carbonyl (C=O) groups excluding carboxylic acids is 3. The van der Waals surface area contributed by atoms with Crippen molar-refractivity contribution in [1.29, 1.82) is 0 Å². The van der Waals surface area contributed by atoms with Crippen LogP contribution in [-0.4, -0.2) is 27.5 Å². The Balaban J connectivity index is 1.70. The molecule has 1 saturated heterocycles. The zero-order chi connectivity index (χ0) is 17.9. The first-order valence-electron chi connectivity index (χ1n) is 7.96. The van der Waals surface area contributed by atoms with E-state index in [-0.39, 0.29) is 35.8 Å². The van der Waals surface area contributed by atoms with E-state index < -0.39 is 34.6 Å². The van der Waals surface area contributed by atoms with Crippen LogP contribution in [0.25, 0.3) is 0 Å². The number of nitrogens with two attached hydrogens (primary N) is 1. The summed E-state index contributed by atoms with van der Waals surface area (Å²) in [6.07, 6.45) is 4.36. The monoisotopic (exact) mass is 345 g/mol. The summed E-state index contributed by atoms with van der Waals surface area (Å²) < 4.78 is 5.14. The number of carbonyl (C=O) groups is 3. The summed E-state index contributed by atoms with van der Waals surface area (Å²) in [4.78, 5) is 48.3. The molecule has 2 aliphatic carbocycles. The molecule has 2 bridgehead atoms. The lowest BCUT2D eigenvalue weighted by Crippen LogP contribution is -2.38. The smallest absolute Gasteiger partial charge is 0.404 e. The van der Waals surface area contributed by atoms with Gasteiger partial charge in [-0.3, -0.25) is 29.4 Å². The number of nitrogens with zero attached hydrogens (tertiary/aromatic N) is 2.